The molecule has 4 aromatic rings. The predicted octanol–water partition coefficient (Wildman–Crippen LogP) is 4.87. The first-order chi connectivity index (χ1) is 23.0. The number of carboxylic acid groups (broad SMARTS) is 1. The molecule has 1 fully saturated rings. The van der Waals surface area contributed by atoms with Crippen LogP contribution in [-0.4, -0.2) is 75.9 Å². The average Bonchev–Trinajstić information content (AvgIpc) is 3.64. The molecular formula is C32H34F3N7O6. The summed E-state index contributed by atoms with van der Waals surface area (Å²) in [6.45, 7) is 4.56. The van der Waals surface area contributed by atoms with E-state index in [9.17, 15) is 18.0 Å². The fourth-order valence-electron chi connectivity index (χ4n) is 4.96. The number of aliphatic carboxylic acids is 1. The molecule has 0 spiro atoms. The lowest BCUT2D eigenvalue weighted by Gasteiger charge is -2.23. The number of piperidine rings is 1. The molecule has 0 bridgehead atoms. The maximum atomic E-state index is 12.7. The molecule has 13 nitrogen and oxygen atoms in total. The summed E-state index contributed by atoms with van der Waals surface area (Å²) in [5.74, 6) is 0.533. The molecule has 48 heavy (non-hydrogen) atoms. The third kappa shape index (κ3) is 8.64. The fourth-order valence-corrected chi connectivity index (χ4v) is 4.96. The molecule has 254 valence electrons. The summed E-state index contributed by atoms with van der Waals surface area (Å²) < 4.78 is 50.7. The van der Waals surface area contributed by atoms with E-state index in [-0.39, 0.29) is 18.7 Å². The van der Waals surface area contributed by atoms with Gasteiger partial charge in [-0.05, 0) is 68.3 Å². The van der Waals surface area contributed by atoms with Gasteiger partial charge in [-0.15, -0.1) is 0 Å². The van der Waals surface area contributed by atoms with Crippen LogP contribution < -0.4 is 25.5 Å². The largest absolute Gasteiger partial charge is 0.497 e. The van der Waals surface area contributed by atoms with Gasteiger partial charge in [0.15, 0.2) is 18.2 Å². The number of fused-ring (bicyclic) bond motifs is 1. The molecule has 0 unspecified atom stereocenters. The summed E-state index contributed by atoms with van der Waals surface area (Å²) in [6, 6.07) is 17.1. The second-order valence-electron chi connectivity index (χ2n) is 10.9. The lowest BCUT2D eigenvalue weighted by Crippen LogP contribution is -2.38. The van der Waals surface area contributed by atoms with Crippen molar-refractivity contribution >= 4 is 28.7 Å². The summed E-state index contributed by atoms with van der Waals surface area (Å²) in [4.78, 5) is 26.2. The Kier molecular flexibility index (Phi) is 10.5. The number of benzene rings is 2. The van der Waals surface area contributed by atoms with E-state index in [1.165, 1.54) is 0 Å². The Morgan fingerprint density at radius 3 is 2.42 bits per heavy atom. The molecule has 2 aliphatic rings. The van der Waals surface area contributed by atoms with Crippen LogP contribution in [0.2, 0.25) is 0 Å². The topological polar surface area (TPSA) is 152 Å². The minimum Gasteiger partial charge on any atom is -0.497 e. The number of hydrazine groups is 1. The van der Waals surface area contributed by atoms with Crippen molar-refractivity contribution < 1.29 is 42.1 Å². The number of carboxylic acids is 1. The monoisotopic (exact) mass is 669 g/mol. The zero-order valence-electron chi connectivity index (χ0n) is 26.1. The Morgan fingerprint density at radius 1 is 1.10 bits per heavy atom. The zero-order chi connectivity index (χ0) is 34.3. The van der Waals surface area contributed by atoms with Gasteiger partial charge in [-0.25, -0.2) is 14.5 Å². The number of nitrogens with one attached hydrogen (secondary N) is 3. The summed E-state index contributed by atoms with van der Waals surface area (Å²) in [7, 11) is 1.66. The van der Waals surface area contributed by atoms with Gasteiger partial charge in [0.05, 0.1) is 19.9 Å². The number of amides is 1. The predicted molar refractivity (Wildman–Crippen MR) is 168 cm³/mol. The number of alkyl halides is 3. The van der Waals surface area contributed by atoms with E-state index < -0.39 is 12.1 Å². The summed E-state index contributed by atoms with van der Waals surface area (Å²) >= 11 is 0. The highest BCUT2D eigenvalue weighted by atomic mass is 19.4. The molecule has 4 N–H and O–H groups in total. The van der Waals surface area contributed by atoms with Crippen LogP contribution >= 0.6 is 0 Å². The molecule has 4 heterocycles. The minimum absolute atomic E-state index is 0.232. The van der Waals surface area contributed by atoms with Crippen molar-refractivity contribution in [1.82, 2.24) is 30.5 Å². The van der Waals surface area contributed by atoms with E-state index in [0.29, 0.717) is 23.6 Å². The normalized spacial score (nSPS) is 15.9. The zero-order valence-corrected chi connectivity index (χ0v) is 26.1. The van der Waals surface area contributed by atoms with Crippen LogP contribution in [0.25, 0.3) is 11.0 Å². The van der Waals surface area contributed by atoms with Gasteiger partial charge in [-0.1, -0.05) is 12.1 Å². The van der Waals surface area contributed by atoms with E-state index in [1.807, 2.05) is 41.9 Å². The Morgan fingerprint density at radius 2 is 1.81 bits per heavy atom. The molecule has 1 atom stereocenters. The van der Waals surface area contributed by atoms with Gasteiger partial charge in [0.1, 0.15) is 28.4 Å². The highest BCUT2D eigenvalue weighted by Crippen LogP contribution is 2.35. The molecule has 2 aromatic carbocycles. The molecule has 16 heteroatoms. The van der Waals surface area contributed by atoms with Gasteiger partial charge in [0.25, 0.3) is 5.91 Å². The number of pyridine rings is 1. The summed E-state index contributed by atoms with van der Waals surface area (Å²) in [6.07, 6.45) is 0.544. The quantitative estimate of drug-likeness (QED) is 0.193. The number of aromatic nitrogens is 3. The average molecular weight is 670 g/mol. The van der Waals surface area contributed by atoms with Crippen molar-refractivity contribution in [3.63, 3.8) is 0 Å². The molecular weight excluding hydrogens is 635 g/mol. The van der Waals surface area contributed by atoms with E-state index >= 15 is 0 Å². The standard InChI is InChI=1S/C30H33N7O4.C2HF3O2/c1-20-17-36(19-40-20)35-30(38)22-7-11-25(12-8-22)41-26-13-15-32-29-27(26)28(33-23-4-3-14-31-16-23)34-37(29)18-21-5-9-24(39-2)10-6-21;3-2(4,5)1(6)7/h5-13,15,17,23,31H,3-4,14,16,18-19H2,1-2H3,(H,33,34)(H,35,38);(H,6,7)/t23-;/m1./s1. The van der Waals surface area contributed by atoms with Crippen molar-refractivity contribution in [2.75, 3.05) is 32.2 Å². The van der Waals surface area contributed by atoms with Crippen molar-refractivity contribution in [2.24, 2.45) is 0 Å². The van der Waals surface area contributed by atoms with Gasteiger partial charge >= 0.3 is 12.1 Å². The summed E-state index contributed by atoms with van der Waals surface area (Å²) in [5, 5.41) is 21.6. The van der Waals surface area contributed by atoms with E-state index in [1.54, 1.807) is 48.8 Å². The van der Waals surface area contributed by atoms with Crippen molar-refractivity contribution in [3.05, 3.63) is 83.9 Å². The third-order valence-corrected chi connectivity index (χ3v) is 7.32. The number of nitrogens with zero attached hydrogens (tertiary/aromatic N) is 4. The number of hydrogen-bond acceptors (Lipinski definition) is 10. The number of halogens is 3. The molecule has 1 amide bonds. The van der Waals surface area contributed by atoms with Crippen LogP contribution in [0.4, 0.5) is 19.0 Å². The van der Waals surface area contributed by atoms with Crippen LogP contribution in [0.5, 0.6) is 17.2 Å². The highest BCUT2D eigenvalue weighted by molar-refractivity contribution is 5.95. The Balaban J connectivity index is 0.000000582. The Labute approximate surface area is 273 Å². The first-order valence-corrected chi connectivity index (χ1v) is 14.9. The second-order valence-corrected chi connectivity index (χ2v) is 10.9. The lowest BCUT2D eigenvalue weighted by molar-refractivity contribution is -0.192. The van der Waals surface area contributed by atoms with Gasteiger partial charge < -0.3 is 30.0 Å². The number of hydrogen-bond donors (Lipinski definition) is 4. The van der Waals surface area contributed by atoms with E-state index in [0.717, 1.165) is 59.9 Å². The van der Waals surface area contributed by atoms with Crippen LogP contribution in [0.15, 0.2) is 72.8 Å². The molecule has 2 aromatic heterocycles. The van der Waals surface area contributed by atoms with Crippen LogP contribution in [0, 0.1) is 0 Å². The number of methoxy groups -OCH3 is 1. The third-order valence-electron chi connectivity index (χ3n) is 7.32. The molecule has 0 saturated carbocycles. The smallest absolute Gasteiger partial charge is 0.490 e. The first-order valence-electron chi connectivity index (χ1n) is 14.9. The molecule has 0 radical (unpaired) electrons. The number of carbonyl (C=O) groups is 2. The summed E-state index contributed by atoms with van der Waals surface area (Å²) in [5.41, 5.74) is 5.11. The number of carbonyl (C=O) groups excluding carboxylic acids is 1. The van der Waals surface area contributed by atoms with E-state index in [2.05, 4.69) is 21.0 Å². The lowest BCUT2D eigenvalue weighted by atomic mass is 10.1. The van der Waals surface area contributed by atoms with Gasteiger partial charge in [-0.3, -0.25) is 15.2 Å². The van der Waals surface area contributed by atoms with Crippen molar-refractivity contribution in [2.45, 2.75) is 38.5 Å². The molecule has 2 aliphatic heterocycles. The van der Waals surface area contributed by atoms with Gasteiger partial charge in [0, 0.05) is 30.4 Å². The molecule has 0 aliphatic carbocycles. The van der Waals surface area contributed by atoms with Crippen molar-refractivity contribution in [3.8, 4) is 17.2 Å². The maximum absolute atomic E-state index is 12.7. The fraction of sp³-hybridized carbons (Fsp3) is 0.312. The Hall–Kier alpha value is -5.51. The number of allylic oxidation sites excluding steroid dienone is 1. The number of rotatable bonds is 9. The SMILES string of the molecule is COc1ccc(Cn2nc(N[C@@H]3CCCNC3)c3c(Oc4ccc(C(=O)NN5C=C(C)OC5)cc4)ccnc32)cc1.O=C(O)C(F)(F)F. The van der Waals surface area contributed by atoms with Gasteiger partial charge in [0.2, 0.25) is 0 Å². The second kappa shape index (κ2) is 14.9. The first kappa shape index (κ1) is 33.8. The number of ether oxygens (including phenoxy) is 3. The minimum atomic E-state index is -5.08. The molecule has 6 rings (SSSR count). The van der Waals surface area contributed by atoms with Crippen LogP contribution in [0.1, 0.15) is 35.7 Å². The van der Waals surface area contributed by atoms with Crippen LogP contribution in [-0.2, 0) is 16.1 Å². The molecule has 1 saturated heterocycles. The van der Waals surface area contributed by atoms with Crippen LogP contribution in [0.3, 0.4) is 0 Å². The van der Waals surface area contributed by atoms with Gasteiger partial charge in [-0.2, -0.15) is 18.3 Å². The van der Waals surface area contributed by atoms with E-state index in [4.69, 9.17) is 29.2 Å². The highest BCUT2D eigenvalue weighted by Gasteiger charge is 2.38. The number of anilines is 1. The Bertz CT molecular complexity index is 1760. The van der Waals surface area contributed by atoms with Crippen molar-refractivity contribution in [1.29, 1.82) is 0 Å². The maximum Gasteiger partial charge on any atom is 0.490 e.